The lowest BCUT2D eigenvalue weighted by molar-refractivity contribution is 0.0286. The molecule has 7 nitrogen and oxygen atoms in total. The molecule has 1 atom stereocenters. The van der Waals surface area contributed by atoms with Gasteiger partial charge in [-0.3, -0.25) is 0 Å². The lowest BCUT2D eigenvalue weighted by Gasteiger charge is -2.15. The van der Waals surface area contributed by atoms with Crippen molar-refractivity contribution < 1.29 is 19.4 Å². The highest BCUT2D eigenvalue weighted by atomic mass is 16.5. The van der Waals surface area contributed by atoms with E-state index in [-0.39, 0.29) is 11.9 Å². The van der Waals surface area contributed by atoms with Crippen LogP contribution in [-0.4, -0.2) is 57.7 Å². The third-order valence-electron chi connectivity index (χ3n) is 2.86. The number of rotatable bonds is 10. The first-order valence-electron chi connectivity index (χ1n) is 6.64. The minimum Gasteiger partial charge on any atom is -0.492 e. The van der Waals surface area contributed by atoms with Crippen molar-refractivity contribution in [3.05, 3.63) is 29.8 Å². The molecule has 0 fully saturated rings. The quantitative estimate of drug-likeness (QED) is 0.190. The predicted octanol–water partition coefficient (Wildman–Crippen LogP) is 0.411. The van der Waals surface area contributed by atoms with Gasteiger partial charge >= 0.3 is 0 Å². The summed E-state index contributed by atoms with van der Waals surface area (Å²) in [6.07, 6.45) is 0.0371. The van der Waals surface area contributed by atoms with Crippen LogP contribution >= 0.6 is 0 Å². The average molecular weight is 297 g/mol. The van der Waals surface area contributed by atoms with E-state index in [0.717, 1.165) is 5.75 Å². The van der Waals surface area contributed by atoms with Crippen LogP contribution in [0.3, 0.4) is 0 Å². The molecule has 1 rings (SSSR count). The molecule has 0 aromatic heterocycles. The van der Waals surface area contributed by atoms with E-state index in [0.29, 0.717) is 31.9 Å². The van der Waals surface area contributed by atoms with Gasteiger partial charge in [0.1, 0.15) is 12.4 Å². The maximum atomic E-state index is 8.57. The van der Waals surface area contributed by atoms with Crippen molar-refractivity contribution in [2.75, 3.05) is 40.5 Å². The normalized spacial score (nSPS) is 13.1. The Kier molecular flexibility index (Phi) is 8.18. The molecule has 0 heterocycles. The molecular weight excluding hydrogens is 274 g/mol. The summed E-state index contributed by atoms with van der Waals surface area (Å²) in [5.41, 5.74) is 6.12. The van der Waals surface area contributed by atoms with Crippen molar-refractivity contribution in [2.45, 2.75) is 6.10 Å². The van der Waals surface area contributed by atoms with Gasteiger partial charge in [0.25, 0.3) is 0 Å². The minimum atomic E-state index is 0.0371. The maximum Gasteiger partial charge on any atom is 0.170 e. The van der Waals surface area contributed by atoms with Gasteiger partial charge in [-0.1, -0.05) is 5.16 Å². The molecule has 0 saturated heterocycles. The zero-order chi connectivity index (χ0) is 15.5. The second-order valence-electron chi connectivity index (χ2n) is 4.38. The van der Waals surface area contributed by atoms with Gasteiger partial charge in [0.05, 0.1) is 12.7 Å². The molecule has 0 aliphatic heterocycles. The molecule has 0 radical (unpaired) electrons. The Bertz CT molecular complexity index is 423. The second kappa shape index (κ2) is 9.98. The number of benzene rings is 1. The largest absolute Gasteiger partial charge is 0.492 e. The van der Waals surface area contributed by atoms with Gasteiger partial charge in [-0.05, 0) is 24.3 Å². The molecule has 0 aliphatic carbocycles. The number of methoxy groups -OCH3 is 2. The summed E-state index contributed by atoms with van der Waals surface area (Å²) >= 11 is 0. The van der Waals surface area contributed by atoms with Crippen LogP contribution in [0.2, 0.25) is 0 Å². The third-order valence-corrected chi connectivity index (χ3v) is 2.86. The fraction of sp³-hybridized carbons (Fsp3) is 0.500. The molecule has 0 aliphatic rings. The molecular formula is C14H23N3O4. The van der Waals surface area contributed by atoms with Crippen molar-refractivity contribution >= 4 is 5.84 Å². The molecule has 0 bridgehead atoms. The van der Waals surface area contributed by atoms with Crippen LogP contribution in [0.5, 0.6) is 5.75 Å². The number of oxime groups is 1. The minimum absolute atomic E-state index is 0.0371. The fourth-order valence-corrected chi connectivity index (χ4v) is 1.68. The molecule has 21 heavy (non-hydrogen) atoms. The zero-order valence-electron chi connectivity index (χ0n) is 12.4. The van der Waals surface area contributed by atoms with Crippen LogP contribution in [0, 0.1) is 0 Å². The smallest absolute Gasteiger partial charge is 0.170 e. The predicted molar refractivity (Wildman–Crippen MR) is 80.0 cm³/mol. The van der Waals surface area contributed by atoms with Gasteiger partial charge in [0.15, 0.2) is 5.84 Å². The van der Waals surface area contributed by atoms with Crippen LogP contribution in [0.4, 0.5) is 0 Å². The van der Waals surface area contributed by atoms with E-state index in [1.54, 1.807) is 38.5 Å². The third kappa shape index (κ3) is 6.44. The first-order valence-corrected chi connectivity index (χ1v) is 6.64. The molecule has 4 N–H and O–H groups in total. The van der Waals surface area contributed by atoms with Gasteiger partial charge < -0.3 is 30.5 Å². The van der Waals surface area contributed by atoms with Crippen molar-refractivity contribution in [3.8, 4) is 5.75 Å². The van der Waals surface area contributed by atoms with Crippen molar-refractivity contribution in [1.82, 2.24) is 5.32 Å². The van der Waals surface area contributed by atoms with E-state index >= 15 is 0 Å². The summed E-state index contributed by atoms with van der Waals surface area (Å²) in [6.45, 7) is 2.49. The Morgan fingerprint density at radius 2 is 2.05 bits per heavy atom. The van der Waals surface area contributed by atoms with E-state index < -0.39 is 0 Å². The van der Waals surface area contributed by atoms with Gasteiger partial charge in [-0.25, -0.2) is 0 Å². The van der Waals surface area contributed by atoms with E-state index in [4.69, 9.17) is 25.2 Å². The van der Waals surface area contributed by atoms with Gasteiger partial charge in [0.2, 0.25) is 0 Å². The zero-order valence-corrected chi connectivity index (χ0v) is 12.4. The summed E-state index contributed by atoms with van der Waals surface area (Å²) in [5, 5.41) is 14.7. The molecule has 0 saturated carbocycles. The molecule has 118 valence electrons. The molecule has 1 aromatic carbocycles. The van der Waals surface area contributed by atoms with Gasteiger partial charge in [0, 0.05) is 32.9 Å². The van der Waals surface area contributed by atoms with E-state index in [9.17, 15) is 0 Å². The SMILES string of the molecule is COCC(CNCCOc1ccc(/C(N)=N/O)cc1)OC. The number of nitrogens with two attached hydrogens (primary N) is 1. The number of amidine groups is 1. The van der Waals surface area contributed by atoms with Crippen LogP contribution in [0.1, 0.15) is 5.56 Å². The topological polar surface area (TPSA) is 98.3 Å². The summed E-state index contributed by atoms with van der Waals surface area (Å²) in [6, 6.07) is 7.02. The van der Waals surface area contributed by atoms with Crippen molar-refractivity contribution in [1.29, 1.82) is 0 Å². The van der Waals surface area contributed by atoms with Crippen LogP contribution in [0.15, 0.2) is 29.4 Å². The molecule has 0 amide bonds. The van der Waals surface area contributed by atoms with Crippen molar-refractivity contribution in [3.63, 3.8) is 0 Å². The fourth-order valence-electron chi connectivity index (χ4n) is 1.68. The van der Waals surface area contributed by atoms with Crippen LogP contribution < -0.4 is 15.8 Å². The molecule has 0 spiro atoms. The number of ether oxygens (including phenoxy) is 3. The number of hydrogen-bond donors (Lipinski definition) is 3. The van der Waals surface area contributed by atoms with Crippen LogP contribution in [-0.2, 0) is 9.47 Å². The number of hydrogen-bond acceptors (Lipinski definition) is 6. The first-order chi connectivity index (χ1) is 10.2. The number of nitrogens with zero attached hydrogens (tertiary/aromatic N) is 1. The van der Waals surface area contributed by atoms with Gasteiger partial charge in [-0.15, -0.1) is 0 Å². The lowest BCUT2D eigenvalue weighted by Crippen LogP contribution is -2.34. The van der Waals surface area contributed by atoms with E-state index in [2.05, 4.69) is 10.5 Å². The van der Waals surface area contributed by atoms with E-state index in [1.807, 2.05) is 0 Å². The highest BCUT2D eigenvalue weighted by Gasteiger charge is 2.05. The van der Waals surface area contributed by atoms with E-state index in [1.165, 1.54) is 0 Å². The summed E-state index contributed by atoms with van der Waals surface area (Å²) in [5.74, 6) is 0.804. The highest BCUT2D eigenvalue weighted by Crippen LogP contribution is 2.11. The summed E-state index contributed by atoms with van der Waals surface area (Å²) in [7, 11) is 3.30. The summed E-state index contributed by atoms with van der Waals surface area (Å²) < 4.78 is 15.8. The van der Waals surface area contributed by atoms with Crippen LogP contribution in [0.25, 0.3) is 0 Å². The molecule has 1 aromatic rings. The molecule has 7 heteroatoms. The Hall–Kier alpha value is -1.83. The second-order valence-corrected chi connectivity index (χ2v) is 4.38. The Balaban J connectivity index is 2.24. The Morgan fingerprint density at radius 3 is 2.62 bits per heavy atom. The first kappa shape index (κ1) is 17.2. The maximum absolute atomic E-state index is 8.57. The Morgan fingerprint density at radius 1 is 1.33 bits per heavy atom. The highest BCUT2D eigenvalue weighted by molar-refractivity contribution is 5.97. The lowest BCUT2D eigenvalue weighted by atomic mass is 10.2. The summed E-state index contributed by atoms with van der Waals surface area (Å²) in [4.78, 5) is 0. The standard InChI is InChI=1S/C14H23N3O4/c1-19-10-13(20-2)9-16-7-8-21-12-5-3-11(4-6-12)14(15)17-18/h3-6,13,16,18H,7-10H2,1-2H3,(H2,15,17). The van der Waals surface area contributed by atoms with Gasteiger partial charge in [-0.2, -0.15) is 0 Å². The average Bonchev–Trinajstić information content (AvgIpc) is 2.53. The monoisotopic (exact) mass is 297 g/mol. The number of nitrogens with one attached hydrogen (secondary N) is 1. The van der Waals surface area contributed by atoms with Crippen molar-refractivity contribution in [2.24, 2.45) is 10.9 Å². The Labute approximate surface area is 124 Å². The molecule has 1 unspecified atom stereocenters.